The number of amides is 1. The molecule has 2 atom stereocenters. The third kappa shape index (κ3) is 4.05. The Balaban J connectivity index is 2.97. The first kappa shape index (κ1) is 17.7. The maximum Gasteiger partial charge on any atom is 0.242 e. The number of nitrogens with two attached hydrogens (primary N) is 1. The van der Waals surface area contributed by atoms with E-state index in [0.29, 0.717) is 12.5 Å². The highest BCUT2D eigenvalue weighted by atomic mass is 16.1. The van der Waals surface area contributed by atoms with Gasteiger partial charge in [0.25, 0.3) is 0 Å². The molecule has 118 valence electrons. The zero-order valence-corrected chi connectivity index (χ0v) is 13.7. The number of primary amides is 1. The van der Waals surface area contributed by atoms with Crippen LogP contribution in [-0.4, -0.2) is 37.0 Å². The second kappa shape index (κ2) is 8.15. The first-order valence-electron chi connectivity index (χ1n) is 7.80. The van der Waals surface area contributed by atoms with E-state index in [4.69, 9.17) is 5.73 Å². The van der Waals surface area contributed by atoms with Gasteiger partial charge in [-0.1, -0.05) is 44.2 Å². The molecule has 0 radical (unpaired) electrons. The molecule has 2 unspecified atom stereocenters. The van der Waals surface area contributed by atoms with Gasteiger partial charge < -0.3 is 16.0 Å². The maximum atomic E-state index is 12.1. The van der Waals surface area contributed by atoms with Crippen LogP contribution in [0.3, 0.4) is 0 Å². The van der Waals surface area contributed by atoms with Crippen LogP contribution in [0.2, 0.25) is 0 Å². The lowest BCUT2D eigenvalue weighted by atomic mass is 9.85. The number of hydrogen-bond acceptors (Lipinski definition) is 3. The minimum atomic E-state index is -0.803. The van der Waals surface area contributed by atoms with Crippen LogP contribution in [0.1, 0.15) is 39.2 Å². The summed E-state index contributed by atoms with van der Waals surface area (Å²) in [5, 5.41) is 3.17. The van der Waals surface area contributed by atoms with E-state index in [2.05, 4.69) is 31.0 Å². The van der Waals surface area contributed by atoms with Crippen LogP contribution in [0, 0.1) is 0 Å². The largest absolute Gasteiger partial charge is 0.368 e. The van der Waals surface area contributed by atoms with Crippen LogP contribution in [0.25, 0.3) is 0 Å². The van der Waals surface area contributed by atoms with Crippen molar-refractivity contribution in [2.24, 2.45) is 5.73 Å². The van der Waals surface area contributed by atoms with E-state index >= 15 is 0 Å². The van der Waals surface area contributed by atoms with Gasteiger partial charge in [0.05, 0.1) is 0 Å². The molecule has 0 aromatic heterocycles. The van der Waals surface area contributed by atoms with Crippen molar-refractivity contribution >= 4 is 5.91 Å². The van der Waals surface area contributed by atoms with Gasteiger partial charge in [0.2, 0.25) is 5.91 Å². The predicted octanol–water partition coefficient (Wildman–Crippen LogP) is 2.10. The first-order valence-corrected chi connectivity index (χ1v) is 7.80. The molecule has 0 saturated carbocycles. The number of likely N-dealkylation sites (N-methyl/N-ethyl adjacent to an activating group) is 1. The summed E-state index contributed by atoms with van der Waals surface area (Å²) in [6.45, 7) is 8.37. The Labute approximate surface area is 128 Å². The van der Waals surface area contributed by atoms with Gasteiger partial charge in [-0.15, -0.1) is 0 Å². The molecule has 1 amide bonds. The minimum absolute atomic E-state index is 0.323. The SMILES string of the molecule is CCC(C)N(CC)CCC(NC)(C(N)=O)c1ccccc1. The highest BCUT2D eigenvalue weighted by Crippen LogP contribution is 2.25. The van der Waals surface area contributed by atoms with Gasteiger partial charge in [-0.05, 0) is 38.9 Å². The molecule has 4 heteroatoms. The summed E-state index contributed by atoms with van der Waals surface area (Å²) in [5.74, 6) is -0.323. The number of benzene rings is 1. The van der Waals surface area contributed by atoms with Gasteiger partial charge in [-0.3, -0.25) is 4.79 Å². The van der Waals surface area contributed by atoms with Crippen molar-refractivity contribution in [2.45, 2.75) is 45.2 Å². The summed E-state index contributed by atoms with van der Waals surface area (Å²) < 4.78 is 0. The zero-order chi connectivity index (χ0) is 15.9. The lowest BCUT2D eigenvalue weighted by molar-refractivity contribution is -0.125. The molecule has 0 aliphatic carbocycles. The number of rotatable bonds is 9. The van der Waals surface area contributed by atoms with Gasteiger partial charge in [-0.25, -0.2) is 0 Å². The molecule has 0 heterocycles. The Hall–Kier alpha value is -1.39. The van der Waals surface area contributed by atoms with Crippen molar-refractivity contribution in [1.82, 2.24) is 10.2 Å². The Morgan fingerprint density at radius 2 is 1.95 bits per heavy atom. The number of carbonyl (C=O) groups excluding carboxylic acids is 1. The molecule has 1 aromatic rings. The summed E-state index contributed by atoms with van der Waals surface area (Å²) in [7, 11) is 1.80. The van der Waals surface area contributed by atoms with Crippen LogP contribution < -0.4 is 11.1 Å². The van der Waals surface area contributed by atoms with Crippen molar-refractivity contribution in [3.05, 3.63) is 35.9 Å². The third-order valence-electron chi connectivity index (χ3n) is 4.51. The molecule has 1 rings (SSSR count). The molecular formula is C17H29N3O. The topological polar surface area (TPSA) is 58.4 Å². The van der Waals surface area contributed by atoms with E-state index in [1.54, 1.807) is 7.05 Å². The summed E-state index contributed by atoms with van der Waals surface area (Å²) in [6.07, 6.45) is 1.77. The molecule has 3 N–H and O–H groups in total. The number of carbonyl (C=O) groups is 1. The molecule has 0 bridgehead atoms. The van der Waals surface area contributed by atoms with Crippen molar-refractivity contribution in [3.8, 4) is 0 Å². The zero-order valence-electron chi connectivity index (χ0n) is 13.7. The fraction of sp³-hybridized carbons (Fsp3) is 0.588. The Morgan fingerprint density at radius 3 is 2.38 bits per heavy atom. The lowest BCUT2D eigenvalue weighted by Crippen LogP contribution is -2.53. The monoisotopic (exact) mass is 291 g/mol. The van der Waals surface area contributed by atoms with Crippen molar-refractivity contribution in [2.75, 3.05) is 20.1 Å². The van der Waals surface area contributed by atoms with Gasteiger partial charge in [0, 0.05) is 12.6 Å². The highest BCUT2D eigenvalue weighted by Gasteiger charge is 2.37. The smallest absolute Gasteiger partial charge is 0.242 e. The van der Waals surface area contributed by atoms with E-state index < -0.39 is 5.54 Å². The van der Waals surface area contributed by atoms with E-state index in [1.807, 2.05) is 30.3 Å². The lowest BCUT2D eigenvalue weighted by Gasteiger charge is -2.35. The van der Waals surface area contributed by atoms with Crippen molar-refractivity contribution in [1.29, 1.82) is 0 Å². The second-order valence-corrected chi connectivity index (χ2v) is 5.52. The van der Waals surface area contributed by atoms with E-state index in [9.17, 15) is 4.79 Å². The minimum Gasteiger partial charge on any atom is -0.368 e. The van der Waals surface area contributed by atoms with E-state index in [1.165, 1.54) is 0 Å². The molecule has 0 spiro atoms. The first-order chi connectivity index (χ1) is 10.0. The van der Waals surface area contributed by atoms with Crippen LogP contribution >= 0.6 is 0 Å². The molecule has 21 heavy (non-hydrogen) atoms. The molecule has 0 fully saturated rings. The van der Waals surface area contributed by atoms with Crippen molar-refractivity contribution in [3.63, 3.8) is 0 Å². The predicted molar refractivity (Wildman–Crippen MR) is 88.0 cm³/mol. The normalized spacial score (nSPS) is 15.7. The molecule has 0 aliphatic heterocycles. The average molecular weight is 291 g/mol. The summed E-state index contributed by atoms with van der Waals surface area (Å²) >= 11 is 0. The third-order valence-corrected chi connectivity index (χ3v) is 4.51. The number of nitrogens with zero attached hydrogens (tertiary/aromatic N) is 1. The molecule has 0 aliphatic rings. The molecule has 1 aromatic carbocycles. The van der Waals surface area contributed by atoms with Gasteiger partial charge in [-0.2, -0.15) is 0 Å². The van der Waals surface area contributed by atoms with E-state index in [0.717, 1.165) is 25.1 Å². The average Bonchev–Trinajstić information content (AvgIpc) is 2.52. The second-order valence-electron chi connectivity index (χ2n) is 5.52. The maximum absolute atomic E-state index is 12.1. The van der Waals surface area contributed by atoms with Gasteiger partial charge in [0.1, 0.15) is 5.54 Å². The fourth-order valence-corrected chi connectivity index (χ4v) is 2.78. The Morgan fingerprint density at radius 1 is 1.33 bits per heavy atom. The van der Waals surface area contributed by atoms with Crippen molar-refractivity contribution < 1.29 is 4.79 Å². The van der Waals surface area contributed by atoms with Gasteiger partial charge in [0.15, 0.2) is 0 Å². The van der Waals surface area contributed by atoms with Crippen LogP contribution in [0.15, 0.2) is 30.3 Å². The Bertz CT molecular complexity index is 435. The van der Waals surface area contributed by atoms with Gasteiger partial charge >= 0.3 is 0 Å². The molecular weight excluding hydrogens is 262 g/mol. The number of nitrogens with one attached hydrogen (secondary N) is 1. The fourth-order valence-electron chi connectivity index (χ4n) is 2.78. The number of hydrogen-bond donors (Lipinski definition) is 2. The Kier molecular flexibility index (Phi) is 6.85. The highest BCUT2D eigenvalue weighted by molar-refractivity contribution is 5.86. The van der Waals surface area contributed by atoms with E-state index in [-0.39, 0.29) is 5.91 Å². The molecule has 0 saturated heterocycles. The molecule has 4 nitrogen and oxygen atoms in total. The quantitative estimate of drug-likeness (QED) is 0.732. The van der Waals surface area contributed by atoms with Crippen LogP contribution in [0.5, 0.6) is 0 Å². The summed E-state index contributed by atoms with van der Waals surface area (Å²) in [4.78, 5) is 14.5. The van der Waals surface area contributed by atoms with Crippen LogP contribution in [0.4, 0.5) is 0 Å². The van der Waals surface area contributed by atoms with Crippen LogP contribution in [-0.2, 0) is 10.3 Å². The summed E-state index contributed by atoms with van der Waals surface area (Å²) in [5.41, 5.74) is 5.86. The summed E-state index contributed by atoms with van der Waals surface area (Å²) in [6, 6.07) is 10.3. The standard InChI is InChI=1S/C17H29N3O/c1-5-14(3)20(6-2)13-12-17(19-4,16(18)21)15-10-8-7-9-11-15/h7-11,14,19H,5-6,12-13H2,1-4H3,(H2,18,21).